The highest BCUT2D eigenvalue weighted by Gasteiger charge is 2.27. The van der Waals surface area contributed by atoms with Gasteiger partial charge in [-0.3, -0.25) is 9.88 Å². The Morgan fingerprint density at radius 1 is 1.53 bits per heavy atom. The molecule has 0 bridgehead atoms. The number of nitrogens with zero attached hydrogens (tertiary/aromatic N) is 2. The number of likely N-dealkylation sites (N-methyl/N-ethyl adjacent to an activating group) is 1. The van der Waals surface area contributed by atoms with Crippen LogP contribution >= 0.6 is 0 Å². The number of pyridine rings is 1. The third-order valence-corrected chi connectivity index (χ3v) is 3.95. The van der Waals surface area contributed by atoms with E-state index in [4.69, 9.17) is 10.5 Å². The molecule has 4 nitrogen and oxygen atoms in total. The molecule has 2 unspecified atom stereocenters. The van der Waals surface area contributed by atoms with E-state index in [1.165, 1.54) is 6.42 Å². The molecule has 1 aromatic heterocycles. The van der Waals surface area contributed by atoms with E-state index in [1.54, 1.807) is 0 Å². The van der Waals surface area contributed by atoms with E-state index in [0.29, 0.717) is 18.5 Å². The average Bonchev–Trinajstić information content (AvgIpc) is 2.49. The minimum absolute atomic E-state index is 0.396. The predicted octanol–water partition coefficient (Wildman–Crippen LogP) is 1.66. The van der Waals surface area contributed by atoms with Crippen molar-refractivity contribution in [3.8, 4) is 0 Å². The summed E-state index contributed by atoms with van der Waals surface area (Å²) in [6.45, 7) is 6.50. The fraction of sp³-hybridized carbons (Fsp3) is 0.667. The van der Waals surface area contributed by atoms with Crippen molar-refractivity contribution < 1.29 is 4.74 Å². The minimum Gasteiger partial charge on any atom is -0.381 e. The Labute approximate surface area is 116 Å². The third-order valence-electron chi connectivity index (χ3n) is 3.95. The predicted molar refractivity (Wildman–Crippen MR) is 76.7 cm³/mol. The lowest BCUT2D eigenvalue weighted by molar-refractivity contribution is 0.00997. The average molecular weight is 263 g/mol. The van der Waals surface area contributed by atoms with Gasteiger partial charge in [0.1, 0.15) is 0 Å². The van der Waals surface area contributed by atoms with Crippen molar-refractivity contribution in [3.05, 3.63) is 30.1 Å². The molecule has 4 heteroatoms. The second-order valence-electron chi connectivity index (χ2n) is 5.16. The van der Waals surface area contributed by atoms with E-state index in [2.05, 4.69) is 22.9 Å². The molecule has 106 valence electrons. The smallest absolute Gasteiger partial charge is 0.0544 e. The number of ether oxygens (including phenoxy) is 1. The van der Waals surface area contributed by atoms with Gasteiger partial charge in [-0.05, 0) is 37.4 Å². The van der Waals surface area contributed by atoms with E-state index >= 15 is 0 Å². The Kier molecular flexibility index (Phi) is 5.76. The van der Waals surface area contributed by atoms with E-state index < -0.39 is 0 Å². The summed E-state index contributed by atoms with van der Waals surface area (Å²) in [4.78, 5) is 6.85. The minimum atomic E-state index is 0.396. The van der Waals surface area contributed by atoms with Gasteiger partial charge in [0.25, 0.3) is 0 Å². The van der Waals surface area contributed by atoms with Crippen LogP contribution in [0, 0.1) is 5.92 Å². The zero-order chi connectivity index (χ0) is 13.5. The van der Waals surface area contributed by atoms with Gasteiger partial charge in [0.2, 0.25) is 0 Å². The second kappa shape index (κ2) is 7.58. The summed E-state index contributed by atoms with van der Waals surface area (Å²) < 4.78 is 5.61. The molecule has 1 saturated heterocycles. The summed E-state index contributed by atoms with van der Waals surface area (Å²) in [5.74, 6) is 0.558. The molecular weight excluding hydrogens is 238 g/mol. The molecule has 0 aromatic carbocycles. The molecule has 19 heavy (non-hydrogen) atoms. The van der Waals surface area contributed by atoms with E-state index in [1.807, 2.05) is 18.3 Å². The Bertz CT molecular complexity index is 352. The van der Waals surface area contributed by atoms with Gasteiger partial charge in [-0.25, -0.2) is 0 Å². The molecule has 1 aromatic rings. The van der Waals surface area contributed by atoms with Crippen molar-refractivity contribution in [3.63, 3.8) is 0 Å². The third kappa shape index (κ3) is 4.00. The van der Waals surface area contributed by atoms with Crippen LogP contribution in [0.3, 0.4) is 0 Å². The normalized spacial score (nSPS) is 21.5. The van der Waals surface area contributed by atoms with Crippen LogP contribution in [0.1, 0.15) is 25.5 Å². The lowest BCUT2D eigenvalue weighted by Crippen LogP contribution is -2.47. The topological polar surface area (TPSA) is 51.4 Å². The van der Waals surface area contributed by atoms with Crippen LogP contribution in [0.25, 0.3) is 0 Å². The number of aromatic nitrogens is 1. The van der Waals surface area contributed by atoms with Crippen molar-refractivity contribution in [2.45, 2.75) is 32.4 Å². The molecule has 1 aliphatic heterocycles. The van der Waals surface area contributed by atoms with E-state index in [-0.39, 0.29) is 0 Å². The van der Waals surface area contributed by atoms with Crippen LogP contribution in [-0.2, 0) is 11.3 Å². The number of rotatable bonds is 6. The summed E-state index contributed by atoms with van der Waals surface area (Å²) in [5.41, 5.74) is 7.13. The molecule has 2 heterocycles. The van der Waals surface area contributed by atoms with Crippen molar-refractivity contribution in [2.24, 2.45) is 11.7 Å². The summed E-state index contributed by atoms with van der Waals surface area (Å²) in [6.07, 6.45) is 4.23. The van der Waals surface area contributed by atoms with Gasteiger partial charge < -0.3 is 10.5 Å². The number of hydrogen-bond donors (Lipinski definition) is 1. The van der Waals surface area contributed by atoms with Crippen LogP contribution in [0.15, 0.2) is 24.4 Å². The first-order valence-electron chi connectivity index (χ1n) is 7.27. The Balaban J connectivity index is 2.01. The van der Waals surface area contributed by atoms with Gasteiger partial charge in [-0.1, -0.05) is 13.0 Å². The molecule has 0 amide bonds. The Morgan fingerprint density at radius 2 is 2.42 bits per heavy atom. The highest BCUT2D eigenvalue weighted by atomic mass is 16.5. The highest BCUT2D eigenvalue weighted by Crippen LogP contribution is 2.22. The lowest BCUT2D eigenvalue weighted by Gasteiger charge is -2.37. The van der Waals surface area contributed by atoms with Crippen molar-refractivity contribution >= 4 is 0 Å². The first kappa shape index (κ1) is 14.4. The largest absolute Gasteiger partial charge is 0.381 e. The summed E-state index contributed by atoms with van der Waals surface area (Å²) in [7, 11) is 0. The number of hydrogen-bond acceptors (Lipinski definition) is 4. The summed E-state index contributed by atoms with van der Waals surface area (Å²) >= 11 is 0. The van der Waals surface area contributed by atoms with Gasteiger partial charge in [0.05, 0.1) is 12.3 Å². The van der Waals surface area contributed by atoms with E-state index in [0.717, 1.165) is 38.4 Å². The zero-order valence-electron chi connectivity index (χ0n) is 11.8. The van der Waals surface area contributed by atoms with Crippen molar-refractivity contribution in [2.75, 3.05) is 26.3 Å². The van der Waals surface area contributed by atoms with Crippen molar-refractivity contribution in [1.82, 2.24) is 9.88 Å². The molecule has 2 N–H and O–H groups in total. The standard InChI is InChI=1S/C15H25N3O/c1-2-18(11-14-7-3-4-8-17-14)15(10-16)13-6-5-9-19-12-13/h3-4,7-8,13,15H,2,5-6,9-12,16H2,1H3. The Morgan fingerprint density at radius 3 is 3.00 bits per heavy atom. The van der Waals surface area contributed by atoms with Gasteiger partial charge in [0.15, 0.2) is 0 Å². The molecule has 2 atom stereocenters. The Hall–Kier alpha value is -0.970. The van der Waals surface area contributed by atoms with Crippen molar-refractivity contribution in [1.29, 1.82) is 0 Å². The van der Waals surface area contributed by atoms with E-state index in [9.17, 15) is 0 Å². The first-order valence-corrected chi connectivity index (χ1v) is 7.27. The SMILES string of the molecule is CCN(Cc1ccccn1)C(CN)C1CCCOC1. The zero-order valence-corrected chi connectivity index (χ0v) is 11.8. The van der Waals surface area contributed by atoms with Crippen LogP contribution in [-0.4, -0.2) is 42.2 Å². The molecule has 1 fully saturated rings. The quantitative estimate of drug-likeness (QED) is 0.848. The maximum atomic E-state index is 6.02. The molecule has 0 spiro atoms. The molecule has 0 saturated carbocycles. The van der Waals surface area contributed by atoms with Gasteiger partial charge in [-0.15, -0.1) is 0 Å². The fourth-order valence-corrected chi connectivity index (χ4v) is 2.87. The fourth-order valence-electron chi connectivity index (χ4n) is 2.87. The maximum absolute atomic E-state index is 6.02. The van der Waals surface area contributed by atoms with Crippen LogP contribution < -0.4 is 5.73 Å². The molecule has 1 aliphatic rings. The van der Waals surface area contributed by atoms with Gasteiger partial charge >= 0.3 is 0 Å². The van der Waals surface area contributed by atoms with Crippen LogP contribution in [0.4, 0.5) is 0 Å². The molecular formula is C15H25N3O. The second-order valence-corrected chi connectivity index (χ2v) is 5.16. The monoisotopic (exact) mass is 263 g/mol. The van der Waals surface area contributed by atoms with Gasteiger partial charge in [0, 0.05) is 31.9 Å². The van der Waals surface area contributed by atoms with Crippen LogP contribution in [0.5, 0.6) is 0 Å². The lowest BCUT2D eigenvalue weighted by atomic mass is 9.92. The molecule has 0 aliphatic carbocycles. The summed E-state index contributed by atoms with van der Waals surface area (Å²) in [6, 6.07) is 6.47. The summed E-state index contributed by atoms with van der Waals surface area (Å²) in [5, 5.41) is 0. The van der Waals surface area contributed by atoms with Crippen LogP contribution in [0.2, 0.25) is 0 Å². The first-order chi connectivity index (χ1) is 9.35. The van der Waals surface area contributed by atoms with Gasteiger partial charge in [-0.2, -0.15) is 0 Å². The number of nitrogens with two attached hydrogens (primary N) is 1. The maximum Gasteiger partial charge on any atom is 0.0544 e. The molecule has 0 radical (unpaired) electrons. The highest BCUT2D eigenvalue weighted by molar-refractivity contribution is 5.03. The molecule has 2 rings (SSSR count).